The zero-order valence-electron chi connectivity index (χ0n) is 17.1. The summed E-state index contributed by atoms with van der Waals surface area (Å²) in [6.45, 7) is 4.90. The Kier molecular flexibility index (Phi) is 20.0. The molecule has 0 aliphatic heterocycles. The molecule has 0 spiro atoms. The van der Waals surface area contributed by atoms with Crippen molar-refractivity contribution in [3.8, 4) is 0 Å². The van der Waals surface area contributed by atoms with Crippen LogP contribution in [0.1, 0.15) is 13.3 Å². The van der Waals surface area contributed by atoms with Gasteiger partial charge in [0.1, 0.15) is 6.10 Å². The molecule has 0 amide bonds. The van der Waals surface area contributed by atoms with E-state index in [9.17, 15) is 14.0 Å². The summed E-state index contributed by atoms with van der Waals surface area (Å²) in [5, 5.41) is 3.04. The summed E-state index contributed by atoms with van der Waals surface area (Å²) >= 11 is 0. The highest BCUT2D eigenvalue weighted by Crippen LogP contribution is 2.43. The molecule has 0 fully saturated rings. The minimum atomic E-state index is -4.22. The van der Waals surface area contributed by atoms with Crippen LogP contribution in [0.15, 0.2) is 0 Å². The molecule has 12 nitrogen and oxygen atoms in total. The minimum Gasteiger partial charge on any atom is -0.379 e. The van der Waals surface area contributed by atoms with E-state index < -0.39 is 28.8 Å². The van der Waals surface area contributed by atoms with E-state index in [1.54, 1.807) is 0 Å². The molecule has 29 heavy (non-hydrogen) atoms. The highest BCUT2D eigenvalue weighted by Gasteiger charge is 2.23. The zero-order chi connectivity index (χ0) is 21.8. The molecular weight excluding hydrogens is 432 g/mol. The van der Waals surface area contributed by atoms with E-state index in [1.807, 2.05) is 7.05 Å². The Morgan fingerprint density at radius 2 is 1.48 bits per heavy atom. The van der Waals surface area contributed by atoms with Gasteiger partial charge in [0.05, 0.1) is 59.5 Å². The highest BCUT2D eigenvalue weighted by atomic mass is 31.2. The Morgan fingerprint density at radius 1 is 0.931 bits per heavy atom. The van der Waals surface area contributed by atoms with Crippen molar-refractivity contribution in [1.82, 2.24) is 5.32 Å². The molecule has 0 aliphatic carbocycles. The molecule has 3 N–H and O–H groups in total. The number of hydrogen-bond acceptors (Lipinski definition) is 10. The van der Waals surface area contributed by atoms with Gasteiger partial charge in [-0.1, -0.05) is 0 Å². The monoisotopic (exact) mass is 467 g/mol. The van der Waals surface area contributed by atoms with Crippen LogP contribution >= 0.6 is 16.1 Å². The third-order valence-corrected chi connectivity index (χ3v) is 4.71. The van der Waals surface area contributed by atoms with Crippen molar-refractivity contribution in [2.75, 3.05) is 79.7 Å². The third kappa shape index (κ3) is 21.1. The van der Waals surface area contributed by atoms with Crippen molar-refractivity contribution in [3.63, 3.8) is 0 Å². The standard InChI is InChI=1S/C15H35NO11P2/c1-3-25-29(19,20)26-14-15(27-28(17)18)13-24-12-11-23-10-9-22-8-7-21-6-4-5-16-2/h15-16,28H,3-14H2,1-2H3,(H,17,18)(H,19,20). The molecule has 0 radical (unpaired) electrons. The first-order valence-corrected chi connectivity index (χ1v) is 12.1. The fourth-order valence-corrected chi connectivity index (χ4v) is 3.04. The summed E-state index contributed by atoms with van der Waals surface area (Å²) < 4.78 is 57.6. The molecule has 3 atom stereocenters. The fraction of sp³-hybridized carbons (Fsp3) is 1.00. The fourth-order valence-electron chi connectivity index (χ4n) is 1.86. The normalized spacial score (nSPS) is 15.9. The van der Waals surface area contributed by atoms with E-state index in [-0.39, 0.29) is 26.4 Å². The van der Waals surface area contributed by atoms with Gasteiger partial charge in [-0.05, 0) is 26.9 Å². The Labute approximate surface area is 172 Å². The van der Waals surface area contributed by atoms with Crippen LogP contribution in [-0.4, -0.2) is 95.6 Å². The van der Waals surface area contributed by atoms with E-state index in [0.717, 1.165) is 13.0 Å². The largest absolute Gasteiger partial charge is 0.472 e. The van der Waals surface area contributed by atoms with Crippen LogP contribution in [0.5, 0.6) is 0 Å². The van der Waals surface area contributed by atoms with Crippen LogP contribution in [-0.2, 0) is 41.6 Å². The molecule has 0 aromatic heterocycles. The molecule has 3 unspecified atom stereocenters. The summed E-state index contributed by atoms with van der Waals surface area (Å²) in [7, 11) is -5.59. The average molecular weight is 467 g/mol. The number of phosphoric acid groups is 1. The molecule has 14 heteroatoms. The van der Waals surface area contributed by atoms with Gasteiger partial charge in [-0.2, -0.15) is 0 Å². The first kappa shape index (κ1) is 29.1. The smallest absolute Gasteiger partial charge is 0.379 e. The number of hydrogen-bond donors (Lipinski definition) is 3. The lowest BCUT2D eigenvalue weighted by molar-refractivity contribution is -0.0217. The van der Waals surface area contributed by atoms with Crippen LogP contribution in [0.4, 0.5) is 0 Å². The maximum atomic E-state index is 11.4. The molecule has 0 aromatic rings. The Bertz CT molecular complexity index is 444. The predicted molar refractivity (Wildman–Crippen MR) is 105 cm³/mol. The van der Waals surface area contributed by atoms with Crippen molar-refractivity contribution in [2.24, 2.45) is 0 Å². The van der Waals surface area contributed by atoms with Gasteiger partial charge in [0.15, 0.2) is 0 Å². The Morgan fingerprint density at radius 3 is 2.00 bits per heavy atom. The van der Waals surface area contributed by atoms with E-state index in [0.29, 0.717) is 33.0 Å². The molecule has 176 valence electrons. The van der Waals surface area contributed by atoms with Gasteiger partial charge in [-0.3, -0.25) is 13.6 Å². The molecule has 0 saturated heterocycles. The molecule has 0 aliphatic rings. The van der Waals surface area contributed by atoms with Crippen molar-refractivity contribution in [3.05, 3.63) is 0 Å². The molecule has 0 heterocycles. The van der Waals surface area contributed by atoms with Crippen molar-refractivity contribution < 1.29 is 51.4 Å². The van der Waals surface area contributed by atoms with Gasteiger partial charge in [0, 0.05) is 6.61 Å². The summed E-state index contributed by atoms with van der Waals surface area (Å²) in [6.07, 6.45) is -0.0393. The van der Waals surface area contributed by atoms with Gasteiger partial charge in [-0.25, -0.2) is 4.57 Å². The van der Waals surface area contributed by atoms with Crippen LogP contribution in [0, 0.1) is 0 Å². The molecule has 0 rings (SSSR count). The first-order valence-electron chi connectivity index (χ1n) is 9.38. The maximum absolute atomic E-state index is 11.4. The second-order valence-corrected chi connectivity index (χ2v) is 7.78. The van der Waals surface area contributed by atoms with Gasteiger partial charge in [-0.15, -0.1) is 0 Å². The van der Waals surface area contributed by atoms with Crippen LogP contribution in [0.2, 0.25) is 0 Å². The van der Waals surface area contributed by atoms with Crippen molar-refractivity contribution >= 4 is 16.1 Å². The van der Waals surface area contributed by atoms with Gasteiger partial charge in [0.25, 0.3) is 0 Å². The van der Waals surface area contributed by atoms with Gasteiger partial charge >= 0.3 is 16.1 Å². The van der Waals surface area contributed by atoms with Crippen LogP contribution in [0.25, 0.3) is 0 Å². The summed E-state index contributed by atoms with van der Waals surface area (Å²) in [6, 6.07) is 0. The number of rotatable bonds is 22. The third-order valence-electron chi connectivity index (χ3n) is 3.12. The Hall–Kier alpha value is 0.0600. The predicted octanol–water partition coefficient (Wildman–Crippen LogP) is 0.583. The quantitative estimate of drug-likeness (QED) is 0.151. The van der Waals surface area contributed by atoms with E-state index in [4.69, 9.17) is 32.9 Å². The number of phosphoric ester groups is 1. The topological polar surface area (TPSA) is 151 Å². The SMILES string of the molecule is CCOP(=O)(O)OCC(COCCOCCOCCOCCCNC)O[PH](=O)O. The van der Waals surface area contributed by atoms with E-state index in [1.165, 1.54) is 6.92 Å². The minimum absolute atomic E-state index is 0.0167. The van der Waals surface area contributed by atoms with Crippen molar-refractivity contribution in [2.45, 2.75) is 19.4 Å². The zero-order valence-corrected chi connectivity index (χ0v) is 19.0. The maximum Gasteiger partial charge on any atom is 0.472 e. The van der Waals surface area contributed by atoms with Crippen LogP contribution in [0.3, 0.4) is 0 Å². The lowest BCUT2D eigenvalue weighted by atomic mass is 10.4. The average Bonchev–Trinajstić information content (AvgIpc) is 2.65. The molecular formula is C15H35NO11P2. The summed E-state index contributed by atoms with van der Waals surface area (Å²) in [5.41, 5.74) is 0. The molecule has 0 aromatic carbocycles. The van der Waals surface area contributed by atoms with Gasteiger partial charge < -0.3 is 38.6 Å². The van der Waals surface area contributed by atoms with E-state index >= 15 is 0 Å². The van der Waals surface area contributed by atoms with Crippen molar-refractivity contribution in [1.29, 1.82) is 0 Å². The number of ether oxygens (including phenoxy) is 4. The summed E-state index contributed by atoms with van der Waals surface area (Å²) in [5.74, 6) is 0. The summed E-state index contributed by atoms with van der Waals surface area (Å²) in [4.78, 5) is 18.2. The van der Waals surface area contributed by atoms with E-state index in [2.05, 4.69) is 9.84 Å². The molecule has 0 bridgehead atoms. The number of nitrogens with one attached hydrogen (secondary N) is 1. The second kappa shape index (κ2) is 20.0. The lowest BCUT2D eigenvalue weighted by Gasteiger charge is -2.18. The Balaban J connectivity index is 3.65. The van der Waals surface area contributed by atoms with Gasteiger partial charge in [0.2, 0.25) is 0 Å². The highest BCUT2D eigenvalue weighted by molar-refractivity contribution is 7.47. The first-order chi connectivity index (χ1) is 13.9. The molecule has 0 saturated carbocycles. The lowest BCUT2D eigenvalue weighted by Crippen LogP contribution is -2.24. The van der Waals surface area contributed by atoms with Crippen LogP contribution < -0.4 is 5.32 Å². The second-order valence-electron chi connectivity index (χ2n) is 5.56.